The lowest BCUT2D eigenvalue weighted by Gasteiger charge is -1.86. The number of aromatic nitrogens is 1. The SMILES string of the molecule is CCCc1c[nH]c(C=O)c1. The standard InChI is InChI=1S/C8H11NO/c1-2-3-7-4-8(6-10)9-5-7/h4-6,9H,2-3H2,1H3. The molecule has 0 aliphatic rings. The molecule has 2 heteroatoms. The molecule has 0 saturated carbocycles. The highest BCUT2D eigenvalue weighted by atomic mass is 16.1. The highest BCUT2D eigenvalue weighted by molar-refractivity contribution is 5.72. The van der Waals surface area contributed by atoms with Gasteiger partial charge in [-0.1, -0.05) is 13.3 Å². The van der Waals surface area contributed by atoms with E-state index in [4.69, 9.17) is 0 Å². The normalized spacial score (nSPS) is 9.70. The second-order valence-corrected chi connectivity index (χ2v) is 2.33. The van der Waals surface area contributed by atoms with Gasteiger partial charge in [-0.2, -0.15) is 0 Å². The average Bonchev–Trinajstić information content (AvgIpc) is 2.37. The third-order valence-electron chi connectivity index (χ3n) is 1.43. The van der Waals surface area contributed by atoms with Crippen molar-refractivity contribution in [3.63, 3.8) is 0 Å². The number of hydrogen-bond acceptors (Lipinski definition) is 1. The number of aryl methyl sites for hydroxylation is 1. The van der Waals surface area contributed by atoms with E-state index >= 15 is 0 Å². The van der Waals surface area contributed by atoms with Gasteiger partial charge in [0.2, 0.25) is 0 Å². The summed E-state index contributed by atoms with van der Waals surface area (Å²) in [6.07, 6.45) is 4.88. The molecule has 0 saturated heterocycles. The number of aromatic amines is 1. The van der Waals surface area contributed by atoms with Crippen molar-refractivity contribution in [1.82, 2.24) is 4.98 Å². The van der Waals surface area contributed by atoms with Crippen LogP contribution in [0.4, 0.5) is 0 Å². The van der Waals surface area contributed by atoms with Crippen LogP contribution >= 0.6 is 0 Å². The van der Waals surface area contributed by atoms with Crippen molar-refractivity contribution >= 4 is 6.29 Å². The van der Waals surface area contributed by atoms with Crippen molar-refractivity contribution < 1.29 is 4.79 Å². The molecule has 2 nitrogen and oxygen atoms in total. The molecule has 0 atom stereocenters. The third kappa shape index (κ3) is 1.47. The second kappa shape index (κ2) is 3.20. The molecule has 1 heterocycles. The number of nitrogens with one attached hydrogen (secondary N) is 1. The summed E-state index contributed by atoms with van der Waals surface area (Å²) in [5, 5.41) is 0. The Kier molecular flexibility index (Phi) is 2.26. The van der Waals surface area contributed by atoms with Crippen LogP contribution in [0.15, 0.2) is 12.3 Å². The molecule has 0 radical (unpaired) electrons. The Morgan fingerprint density at radius 3 is 3.00 bits per heavy atom. The zero-order chi connectivity index (χ0) is 7.40. The van der Waals surface area contributed by atoms with E-state index in [0.29, 0.717) is 5.69 Å². The van der Waals surface area contributed by atoms with Gasteiger partial charge in [-0.3, -0.25) is 4.79 Å². The predicted octanol–water partition coefficient (Wildman–Crippen LogP) is 1.78. The van der Waals surface area contributed by atoms with Gasteiger partial charge in [0.15, 0.2) is 6.29 Å². The van der Waals surface area contributed by atoms with Crippen molar-refractivity contribution in [2.45, 2.75) is 19.8 Å². The molecule has 1 rings (SSSR count). The first-order chi connectivity index (χ1) is 4.86. The second-order valence-electron chi connectivity index (χ2n) is 2.33. The van der Waals surface area contributed by atoms with Gasteiger partial charge in [-0.25, -0.2) is 0 Å². The van der Waals surface area contributed by atoms with Gasteiger partial charge < -0.3 is 4.98 Å². The molecule has 54 valence electrons. The molecule has 1 aromatic heterocycles. The van der Waals surface area contributed by atoms with E-state index in [1.54, 1.807) is 0 Å². The maximum absolute atomic E-state index is 10.2. The van der Waals surface area contributed by atoms with Crippen molar-refractivity contribution in [2.75, 3.05) is 0 Å². The van der Waals surface area contributed by atoms with Gasteiger partial charge in [0, 0.05) is 6.20 Å². The minimum Gasteiger partial charge on any atom is -0.359 e. The molecule has 0 unspecified atom stereocenters. The quantitative estimate of drug-likeness (QED) is 0.633. The van der Waals surface area contributed by atoms with E-state index in [-0.39, 0.29) is 0 Å². The fraction of sp³-hybridized carbons (Fsp3) is 0.375. The van der Waals surface area contributed by atoms with Crippen molar-refractivity contribution in [1.29, 1.82) is 0 Å². The molecule has 1 aromatic rings. The number of carbonyl (C=O) groups is 1. The Bertz CT molecular complexity index is 215. The lowest BCUT2D eigenvalue weighted by Crippen LogP contribution is -1.76. The summed E-state index contributed by atoms with van der Waals surface area (Å²) in [4.78, 5) is 13.1. The van der Waals surface area contributed by atoms with E-state index in [1.807, 2.05) is 12.3 Å². The summed E-state index contributed by atoms with van der Waals surface area (Å²) < 4.78 is 0. The largest absolute Gasteiger partial charge is 0.359 e. The molecule has 0 amide bonds. The minimum absolute atomic E-state index is 0.670. The minimum atomic E-state index is 0.670. The van der Waals surface area contributed by atoms with Crippen molar-refractivity contribution in [3.05, 3.63) is 23.5 Å². The van der Waals surface area contributed by atoms with Crippen LogP contribution in [0.1, 0.15) is 29.4 Å². The summed E-state index contributed by atoms with van der Waals surface area (Å²) in [7, 11) is 0. The maximum Gasteiger partial charge on any atom is 0.166 e. The van der Waals surface area contributed by atoms with Crippen LogP contribution in [-0.4, -0.2) is 11.3 Å². The van der Waals surface area contributed by atoms with E-state index in [1.165, 1.54) is 5.56 Å². The van der Waals surface area contributed by atoms with Crippen molar-refractivity contribution in [3.8, 4) is 0 Å². The topological polar surface area (TPSA) is 32.9 Å². The summed E-state index contributed by atoms with van der Waals surface area (Å²) in [6, 6.07) is 1.89. The zero-order valence-electron chi connectivity index (χ0n) is 6.05. The van der Waals surface area contributed by atoms with Crippen LogP contribution in [0.5, 0.6) is 0 Å². The number of aldehydes is 1. The molecule has 0 aromatic carbocycles. The first-order valence-corrected chi connectivity index (χ1v) is 3.49. The van der Waals surface area contributed by atoms with Gasteiger partial charge >= 0.3 is 0 Å². The lowest BCUT2D eigenvalue weighted by atomic mass is 10.2. The highest BCUT2D eigenvalue weighted by Crippen LogP contribution is 2.03. The Balaban J connectivity index is 2.68. The molecule has 0 fully saturated rings. The van der Waals surface area contributed by atoms with Crippen LogP contribution in [0, 0.1) is 0 Å². The molecular formula is C8H11NO. The first-order valence-electron chi connectivity index (χ1n) is 3.49. The predicted molar refractivity (Wildman–Crippen MR) is 40.2 cm³/mol. The van der Waals surface area contributed by atoms with Gasteiger partial charge in [0.1, 0.15) is 0 Å². The fourth-order valence-electron chi connectivity index (χ4n) is 0.960. The Labute approximate surface area is 60.3 Å². The maximum atomic E-state index is 10.2. The van der Waals surface area contributed by atoms with E-state index in [0.717, 1.165) is 19.1 Å². The molecule has 10 heavy (non-hydrogen) atoms. The molecule has 1 N–H and O–H groups in total. The summed E-state index contributed by atoms with van der Waals surface area (Å²) in [6.45, 7) is 2.12. The van der Waals surface area contributed by atoms with E-state index in [2.05, 4.69) is 11.9 Å². The monoisotopic (exact) mass is 137 g/mol. The van der Waals surface area contributed by atoms with Crippen LogP contribution in [0.3, 0.4) is 0 Å². The highest BCUT2D eigenvalue weighted by Gasteiger charge is 1.94. The van der Waals surface area contributed by atoms with Crippen LogP contribution in [-0.2, 0) is 6.42 Å². The fourth-order valence-corrected chi connectivity index (χ4v) is 0.960. The molecule has 0 bridgehead atoms. The van der Waals surface area contributed by atoms with E-state index < -0.39 is 0 Å². The van der Waals surface area contributed by atoms with Gasteiger partial charge in [0.25, 0.3) is 0 Å². The molecule has 0 aliphatic heterocycles. The van der Waals surface area contributed by atoms with Crippen molar-refractivity contribution in [2.24, 2.45) is 0 Å². The van der Waals surface area contributed by atoms with Crippen LogP contribution < -0.4 is 0 Å². The first kappa shape index (κ1) is 7.06. The number of H-pyrrole nitrogens is 1. The lowest BCUT2D eigenvalue weighted by molar-refractivity contribution is 0.111. The molecule has 0 spiro atoms. The summed E-state index contributed by atoms with van der Waals surface area (Å²) >= 11 is 0. The Hall–Kier alpha value is -1.05. The third-order valence-corrected chi connectivity index (χ3v) is 1.43. The van der Waals surface area contributed by atoms with Gasteiger partial charge in [-0.05, 0) is 18.1 Å². The zero-order valence-corrected chi connectivity index (χ0v) is 6.05. The Morgan fingerprint density at radius 1 is 1.70 bits per heavy atom. The summed E-state index contributed by atoms with van der Waals surface area (Å²) in [5.74, 6) is 0. The summed E-state index contributed by atoms with van der Waals surface area (Å²) in [5.41, 5.74) is 1.88. The van der Waals surface area contributed by atoms with Gasteiger partial charge in [-0.15, -0.1) is 0 Å². The van der Waals surface area contributed by atoms with E-state index in [9.17, 15) is 4.79 Å². The van der Waals surface area contributed by atoms with Crippen LogP contribution in [0.2, 0.25) is 0 Å². The number of hydrogen-bond donors (Lipinski definition) is 1. The number of carbonyl (C=O) groups excluding carboxylic acids is 1. The average molecular weight is 137 g/mol. The Morgan fingerprint density at radius 2 is 2.50 bits per heavy atom. The number of rotatable bonds is 3. The molecular weight excluding hydrogens is 126 g/mol. The van der Waals surface area contributed by atoms with Crippen LogP contribution in [0.25, 0.3) is 0 Å². The molecule has 0 aliphatic carbocycles. The van der Waals surface area contributed by atoms with Gasteiger partial charge in [0.05, 0.1) is 5.69 Å². The smallest absolute Gasteiger partial charge is 0.166 e.